The van der Waals surface area contributed by atoms with E-state index in [1.165, 1.54) is 19.2 Å². The number of carboxylic acid groups (broad SMARTS) is 1. The molecule has 0 aliphatic heterocycles. The van der Waals surface area contributed by atoms with Gasteiger partial charge in [0.2, 0.25) is 10.0 Å². The largest absolute Gasteiger partial charge is 0.480 e. The van der Waals surface area contributed by atoms with Gasteiger partial charge in [0.25, 0.3) is 0 Å². The quantitative estimate of drug-likeness (QED) is 0.718. The van der Waals surface area contributed by atoms with E-state index in [9.17, 15) is 13.2 Å². The predicted octanol–water partition coefficient (Wildman–Crippen LogP) is 1.41. The van der Waals surface area contributed by atoms with Gasteiger partial charge in [0.05, 0.1) is 4.90 Å². The molecule has 118 valence electrons. The second-order valence-electron chi connectivity index (χ2n) is 4.69. The number of hydrogen-bond acceptors (Lipinski definition) is 4. The lowest BCUT2D eigenvalue weighted by atomic mass is 10.1. The molecule has 0 saturated carbocycles. The summed E-state index contributed by atoms with van der Waals surface area (Å²) >= 11 is 0. The normalized spacial score (nSPS) is 13.0. The highest BCUT2D eigenvalue weighted by atomic mass is 32.2. The predicted molar refractivity (Wildman–Crippen MR) is 78.7 cm³/mol. The number of aliphatic carboxylic acids is 1. The molecular weight excluding hydrogens is 294 g/mol. The molecule has 6 nitrogen and oxygen atoms in total. The van der Waals surface area contributed by atoms with Gasteiger partial charge < -0.3 is 9.84 Å². The van der Waals surface area contributed by atoms with E-state index in [0.717, 1.165) is 18.4 Å². The summed E-state index contributed by atoms with van der Waals surface area (Å²) in [6.07, 6.45) is 1.92. The van der Waals surface area contributed by atoms with E-state index in [2.05, 4.69) is 4.72 Å². The Morgan fingerprint density at radius 2 is 1.95 bits per heavy atom. The molecule has 0 amide bonds. The van der Waals surface area contributed by atoms with E-state index in [1.54, 1.807) is 12.1 Å². The monoisotopic (exact) mass is 315 g/mol. The molecule has 0 saturated heterocycles. The SMILES string of the molecule is CCCc1ccc(S(=O)(=O)NC(CCOC)C(=O)O)cc1. The van der Waals surface area contributed by atoms with Crippen molar-refractivity contribution in [1.82, 2.24) is 4.72 Å². The average molecular weight is 315 g/mol. The van der Waals surface area contributed by atoms with Crippen molar-refractivity contribution in [2.24, 2.45) is 0 Å². The van der Waals surface area contributed by atoms with Gasteiger partial charge >= 0.3 is 5.97 Å². The van der Waals surface area contributed by atoms with Crippen molar-refractivity contribution in [2.45, 2.75) is 37.1 Å². The fourth-order valence-corrected chi connectivity index (χ4v) is 3.07. The first kappa shape index (κ1) is 17.6. The van der Waals surface area contributed by atoms with Crippen LogP contribution in [0.1, 0.15) is 25.3 Å². The van der Waals surface area contributed by atoms with E-state index in [1.807, 2.05) is 6.92 Å². The zero-order valence-electron chi connectivity index (χ0n) is 12.2. The fourth-order valence-electron chi connectivity index (χ4n) is 1.85. The molecule has 1 aromatic rings. The van der Waals surface area contributed by atoms with Gasteiger partial charge in [-0.1, -0.05) is 25.5 Å². The van der Waals surface area contributed by atoms with Crippen molar-refractivity contribution in [3.05, 3.63) is 29.8 Å². The molecule has 0 bridgehead atoms. The van der Waals surface area contributed by atoms with Crippen LogP contribution in [-0.2, 0) is 26.0 Å². The zero-order chi connectivity index (χ0) is 15.9. The molecule has 1 atom stereocenters. The summed E-state index contributed by atoms with van der Waals surface area (Å²) in [6.45, 7) is 2.20. The molecule has 0 heterocycles. The molecule has 1 aromatic carbocycles. The number of methoxy groups -OCH3 is 1. The van der Waals surface area contributed by atoms with Gasteiger partial charge in [0, 0.05) is 13.7 Å². The summed E-state index contributed by atoms with van der Waals surface area (Å²) < 4.78 is 31.3. The van der Waals surface area contributed by atoms with Crippen LogP contribution in [0.3, 0.4) is 0 Å². The number of carboxylic acids is 1. The summed E-state index contributed by atoms with van der Waals surface area (Å²) in [7, 11) is -2.42. The van der Waals surface area contributed by atoms with E-state index < -0.39 is 22.0 Å². The van der Waals surface area contributed by atoms with Gasteiger partial charge in [-0.2, -0.15) is 4.72 Å². The highest BCUT2D eigenvalue weighted by molar-refractivity contribution is 7.89. The Balaban J connectivity index is 2.85. The van der Waals surface area contributed by atoms with Crippen LogP contribution >= 0.6 is 0 Å². The summed E-state index contributed by atoms with van der Waals surface area (Å²) in [6, 6.07) is 5.25. The molecule has 2 N–H and O–H groups in total. The third-order valence-electron chi connectivity index (χ3n) is 2.98. The van der Waals surface area contributed by atoms with Crippen LogP contribution < -0.4 is 4.72 Å². The summed E-state index contributed by atoms with van der Waals surface area (Å²) in [5.74, 6) is -1.22. The minimum atomic E-state index is -3.85. The van der Waals surface area contributed by atoms with Crippen LogP contribution in [0.5, 0.6) is 0 Å². The van der Waals surface area contributed by atoms with E-state index in [0.29, 0.717) is 0 Å². The molecule has 1 rings (SSSR count). The van der Waals surface area contributed by atoms with Crippen molar-refractivity contribution in [3.8, 4) is 0 Å². The molecule has 0 aliphatic carbocycles. The molecule has 21 heavy (non-hydrogen) atoms. The number of aryl methyl sites for hydroxylation is 1. The number of sulfonamides is 1. The minimum Gasteiger partial charge on any atom is -0.480 e. The van der Waals surface area contributed by atoms with Gasteiger partial charge in [-0.05, 0) is 30.5 Å². The number of carbonyl (C=O) groups is 1. The lowest BCUT2D eigenvalue weighted by molar-refractivity contribution is -0.139. The maximum absolute atomic E-state index is 12.2. The van der Waals surface area contributed by atoms with Crippen LogP contribution in [-0.4, -0.2) is 39.3 Å². The highest BCUT2D eigenvalue weighted by Crippen LogP contribution is 2.13. The molecule has 0 fully saturated rings. The Morgan fingerprint density at radius 3 is 2.43 bits per heavy atom. The van der Waals surface area contributed by atoms with Crippen molar-refractivity contribution in [1.29, 1.82) is 0 Å². The lowest BCUT2D eigenvalue weighted by Gasteiger charge is -2.14. The van der Waals surface area contributed by atoms with E-state index in [4.69, 9.17) is 9.84 Å². The maximum atomic E-state index is 12.2. The smallest absolute Gasteiger partial charge is 0.321 e. The highest BCUT2D eigenvalue weighted by Gasteiger charge is 2.25. The van der Waals surface area contributed by atoms with Gasteiger partial charge in [-0.25, -0.2) is 8.42 Å². The number of hydrogen-bond donors (Lipinski definition) is 2. The maximum Gasteiger partial charge on any atom is 0.321 e. The number of benzene rings is 1. The Hall–Kier alpha value is -1.44. The Labute approximate surface area is 125 Å². The van der Waals surface area contributed by atoms with Crippen molar-refractivity contribution >= 4 is 16.0 Å². The first-order valence-corrected chi connectivity index (χ1v) is 8.22. The van der Waals surface area contributed by atoms with Crippen molar-refractivity contribution in [2.75, 3.05) is 13.7 Å². The average Bonchev–Trinajstić information content (AvgIpc) is 2.44. The Morgan fingerprint density at radius 1 is 1.33 bits per heavy atom. The molecule has 0 aromatic heterocycles. The summed E-state index contributed by atoms with van der Waals surface area (Å²) in [5, 5.41) is 9.04. The van der Waals surface area contributed by atoms with Gasteiger partial charge in [0.1, 0.15) is 6.04 Å². The van der Waals surface area contributed by atoms with Crippen molar-refractivity contribution < 1.29 is 23.1 Å². The van der Waals surface area contributed by atoms with Gasteiger partial charge in [-0.3, -0.25) is 4.79 Å². The molecule has 1 unspecified atom stereocenters. The second-order valence-corrected chi connectivity index (χ2v) is 6.40. The number of nitrogens with one attached hydrogen (secondary N) is 1. The molecule has 0 spiro atoms. The Kier molecular flexibility index (Phi) is 6.80. The van der Waals surface area contributed by atoms with Gasteiger partial charge in [-0.15, -0.1) is 0 Å². The van der Waals surface area contributed by atoms with Crippen LogP contribution in [0.4, 0.5) is 0 Å². The minimum absolute atomic E-state index is 0.0611. The van der Waals surface area contributed by atoms with Crippen LogP contribution in [0.15, 0.2) is 29.2 Å². The number of rotatable bonds is 9. The summed E-state index contributed by atoms with van der Waals surface area (Å²) in [4.78, 5) is 11.1. The first-order valence-electron chi connectivity index (χ1n) is 6.73. The first-order chi connectivity index (χ1) is 9.90. The molecular formula is C14H21NO5S. The van der Waals surface area contributed by atoms with Crippen LogP contribution in [0.2, 0.25) is 0 Å². The topological polar surface area (TPSA) is 92.7 Å². The van der Waals surface area contributed by atoms with E-state index in [-0.39, 0.29) is 17.9 Å². The molecule has 7 heteroatoms. The number of ether oxygens (including phenoxy) is 1. The summed E-state index contributed by atoms with van der Waals surface area (Å²) in [5.41, 5.74) is 1.05. The third kappa shape index (κ3) is 5.45. The lowest BCUT2D eigenvalue weighted by Crippen LogP contribution is -2.41. The van der Waals surface area contributed by atoms with Crippen molar-refractivity contribution in [3.63, 3.8) is 0 Å². The second kappa shape index (κ2) is 8.11. The molecule has 0 radical (unpaired) electrons. The Bertz CT molecular complexity index is 553. The van der Waals surface area contributed by atoms with Crippen LogP contribution in [0, 0.1) is 0 Å². The zero-order valence-corrected chi connectivity index (χ0v) is 13.0. The molecule has 0 aliphatic rings. The fraction of sp³-hybridized carbons (Fsp3) is 0.500. The van der Waals surface area contributed by atoms with Crippen LogP contribution in [0.25, 0.3) is 0 Å². The standard InChI is InChI=1S/C14H21NO5S/c1-3-4-11-5-7-12(8-6-11)21(18,19)15-13(14(16)17)9-10-20-2/h5-8,13,15H,3-4,9-10H2,1-2H3,(H,16,17). The van der Waals surface area contributed by atoms with E-state index >= 15 is 0 Å². The third-order valence-corrected chi connectivity index (χ3v) is 4.47. The van der Waals surface area contributed by atoms with Gasteiger partial charge in [0.15, 0.2) is 0 Å².